The van der Waals surface area contributed by atoms with Crippen LogP contribution in [0.3, 0.4) is 0 Å². The molecule has 9 nitrogen and oxygen atoms in total. The van der Waals surface area contributed by atoms with Crippen LogP contribution in [0.2, 0.25) is 0 Å². The maximum Gasteiger partial charge on any atom is 0.309 e. The van der Waals surface area contributed by atoms with Crippen LogP contribution in [-0.2, 0) is 24.3 Å². The Hall–Kier alpha value is -2.17. The molecule has 1 aromatic rings. The topological polar surface area (TPSA) is 114 Å². The zero-order valence-corrected chi connectivity index (χ0v) is 19.6. The monoisotopic (exact) mass is 467 g/mol. The standard InChI is InChI=1S/C22H33N3O6S/c1-16-14-18(10-11-19(16)30-2)32(28,29)25-12-7-13-31-20(25)15-23-21(26)22(27)24-17-8-5-3-4-6-9-17/h10-11,14,17,20H,3-9,12-13,15H2,1-2H3,(H,23,26)(H,24,27)/t20-/m1/s1. The Morgan fingerprint density at radius 1 is 1.12 bits per heavy atom. The number of carbonyl (C=O) groups excluding carboxylic acids is 2. The zero-order chi connectivity index (χ0) is 23.1. The van der Waals surface area contributed by atoms with Crippen molar-refractivity contribution in [3.05, 3.63) is 23.8 Å². The molecule has 0 radical (unpaired) electrons. The molecule has 1 aliphatic heterocycles. The van der Waals surface area contributed by atoms with Gasteiger partial charge in [0.25, 0.3) is 0 Å². The Bertz CT molecular complexity index is 912. The van der Waals surface area contributed by atoms with Crippen molar-refractivity contribution >= 4 is 21.8 Å². The van der Waals surface area contributed by atoms with Crippen LogP contribution in [0.5, 0.6) is 5.75 Å². The number of carbonyl (C=O) groups is 2. The average molecular weight is 468 g/mol. The van der Waals surface area contributed by atoms with Crippen molar-refractivity contribution in [2.45, 2.75) is 69.0 Å². The van der Waals surface area contributed by atoms with Gasteiger partial charge < -0.3 is 20.1 Å². The molecule has 2 aliphatic rings. The summed E-state index contributed by atoms with van der Waals surface area (Å²) in [5, 5.41) is 5.33. The predicted octanol–water partition coefficient (Wildman–Crippen LogP) is 1.70. The molecular formula is C22H33N3O6S. The summed E-state index contributed by atoms with van der Waals surface area (Å²) in [5.74, 6) is -0.865. The second-order valence-corrected chi connectivity index (χ2v) is 10.2. The molecule has 1 atom stereocenters. The first-order valence-electron chi connectivity index (χ1n) is 11.2. The number of nitrogens with zero attached hydrogens (tertiary/aromatic N) is 1. The molecular weight excluding hydrogens is 434 g/mol. The van der Waals surface area contributed by atoms with Gasteiger partial charge in [0.2, 0.25) is 10.0 Å². The van der Waals surface area contributed by atoms with E-state index in [1.165, 1.54) is 17.5 Å². The van der Waals surface area contributed by atoms with Gasteiger partial charge in [-0.05, 0) is 49.9 Å². The lowest BCUT2D eigenvalue weighted by atomic mass is 10.1. The van der Waals surface area contributed by atoms with Gasteiger partial charge in [-0.3, -0.25) is 9.59 Å². The van der Waals surface area contributed by atoms with Crippen LogP contribution in [0.4, 0.5) is 0 Å². The third-order valence-electron chi connectivity index (χ3n) is 5.96. The summed E-state index contributed by atoms with van der Waals surface area (Å²) in [7, 11) is -2.33. The van der Waals surface area contributed by atoms with E-state index in [9.17, 15) is 18.0 Å². The number of ether oxygens (including phenoxy) is 2. The molecule has 0 aromatic heterocycles. The smallest absolute Gasteiger partial charge is 0.309 e. The minimum Gasteiger partial charge on any atom is -0.496 e. The fourth-order valence-electron chi connectivity index (χ4n) is 4.18. The number of methoxy groups -OCH3 is 1. The van der Waals surface area contributed by atoms with Gasteiger partial charge in [-0.15, -0.1) is 0 Å². The summed E-state index contributed by atoms with van der Waals surface area (Å²) >= 11 is 0. The largest absolute Gasteiger partial charge is 0.496 e. The van der Waals surface area contributed by atoms with Crippen LogP contribution in [0, 0.1) is 6.92 Å². The number of sulfonamides is 1. The molecule has 0 unspecified atom stereocenters. The number of amides is 2. The Morgan fingerprint density at radius 3 is 2.50 bits per heavy atom. The van der Waals surface area contributed by atoms with E-state index in [-0.39, 0.29) is 24.0 Å². The number of hydrogen-bond acceptors (Lipinski definition) is 6. The summed E-state index contributed by atoms with van der Waals surface area (Å²) in [6, 6.07) is 4.67. The van der Waals surface area contributed by atoms with E-state index in [1.54, 1.807) is 19.1 Å². The molecule has 0 bridgehead atoms. The van der Waals surface area contributed by atoms with Crippen LogP contribution >= 0.6 is 0 Å². The van der Waals surface area contributed by atoms with E-state index in [0.29, 0.717) is 24.3 Å². The van der Waals surface area contributed by atoms with E-state index in [4.69, 9.17) is 9.47 Å². The summed E-state index contributed by atoms with van der Waals surface area (Å²) < 4.78 is 38.6. The van der Waals surface area contributed by atoms with Gasteiger partial charge in [0.1, 0.15) is 12.0 Å². The lowest BCUT2D eigenvalue weighted by Crippen LogP contribution is -2.53. The molecule has 2 fully saturated rings. The van der Waals surface area contributed by atoms with Crippen molar-refractivity contribution in [3.8, 4) is 5.75 Å². The highest BCUT2D eigenvalue weighted by Crippen LogP contribution is 2.26. The van der Waals surface area contributed by atoms with Gasteiger partial charge in [-0.1, -0.05) is 25.7 Å². The quantitative estimate of drug-likeness (QED) is 0.486. The second kappa shape index (κ2) is 11.1. The summed E-state index contributed by atoms with van der Waals surface area (Å²) in [6.07, 6.45) is 5.79. The van der Waals surface area contributed by atoms with Gasteiger partial charge >= 0.3 is 11.8 Å². The van der Waals surface area contributed by atoms with Crippen molar-refractivity contribution in [2.75, 3.05) is 26.8 Å². The number of benzene rings is 1. The van der Waals surface area contributed by atoms with Crippen LogP contribution in [-0.4, -0.2) is 63.6 Å². The van der Waals surface area contributed by atoms with Crippen molar-refractivity contribution in [1.29, 1.82) is 0 Å². The highest BCUT2D eigenvalue weighted by molar-refractivity contribution is 7.89. The molecule has 3 rings (SSSR count). The van der Waals surface area contributed by atoms with E-state index in [0.717, 1.165) is 38.5 Å². The first-order valence-corrected chi connectivity index (χ1v) is 12.6. The Balaban J connectivity index is 1.62. The van der Waals surface area contributed by atoms with Crippen LogP contribution < -0.4 is 15.4 Å². The van der Waals surface area contributed by atoms with Gasteiger partial charge in [-0.25, -0.2) is 8.42 Å². The Morgan fingerprint density at radius 2 is 1.84 bits per heavy atom. The van der Waals surface area contributed by atoms with E-state index < -0.39 is 28.1 Å². The molecule has 2 N–H and O–H groups in total. The summed E-state index contributed by atoms with van der Waals surface area (Å²) in [6.45, 7) is 2.31. The molecule has 10 heteroatoms. The second-order valence-electron chi connectivity index (χ2n) is 8.30. The SMILES string of the molecule is COc1ccc(S(=O)(=O)N2CCCO[C@@H]2CNC(=O)C(=O)NC2CCCCCC2)cc1C. The van der Waals surface area contributed by atoms with E-state index in [1.807, 2.05) is 0 Å². The van der Waals surface area contributed by atoms with Crippen LogP contribution in [0.15, 0.2) is 23.1 Å². The van der Waals surface area contributed by atoms with Crippen LogP contribution in [0.1, 0.15) is 50.5 Å². The highest BCUT2D eigenvalue weighted by Gasteiger charge is 2.35. The lowest BCUT2D eigenvalue weighted by Gasteiger charge is -2.34. The Labute approximate surface area is 189 Å². The number of hydrogen-bond donors (Lipinski definition) is 2. The maximum atomic E-state index is 13.2. The van der Waals surface area contributed by atoms with Crippen LogP contribution in [0.25, 0.3) is 0 Å². The third-order valence-corrected chi connectivity index (χ3v) is 7.85. The number of rotatable bonds is 6. The van der Waals surface area contributed by atoms with Gasteiger partial charge in [0, 0.05) is 12.6 Å². The van der Waals surface area contributed by atoms with E-state index in [2.05, 4.69) is 10.6 Å². The zero-order valence-electron chi connectivity index (χ0n) is 18.8. The molecule has 2 amide bonds. The first kappa shape index (κ1) is 24.5. The van der Waals surface area contributed by atoms with Gasteiger partial charge in [-0.2, -0.15) is 4.31 Å². The van der Waals surface area contributed by atoms with Gasteiger partial charge in [0.15, 0.2) is 0 Å². The minimum absolute atomic E-state index is 0.0110. The lowest BCUT2D eigenvalue weighted by molar-refractivity contribution is -0.140. The minimum atomic E-state index is -3.85. The van der Waals surface area contributed by atoms with Crippen molar-refractivity contribution in [3.63, 3.8) is 0 Å². The maximum absolute atomic E-state index is 13.2. The molecule has 1 saturated heterocycles. The average Bonchev–Trinajstić information content (AvgIpc) is 3.06. The fraction of sp³-hybridized carbons (Fsp3) is 0.636. The highest BCUT2D eigenvalue weighted by atomic mass is 32.2. The summed E-state index contributed by atoms with van der Waals surface area (Å²) in [5.41, 5.74) is 0.700. The molecule has 0 spiro atoms. The van der Waals surface area contributed by atoms with Crippen molar-refractivity contribution in [1.82, 2.24) is 14.9 Å². The normalized spacial score (nSPS) is 20.9. The molecule has 1 heterocycles. The molecule has 1 saturated carbocycles. The van der Waals surface area contributed by atoms with Crippen molar-refractivity contribution in [2.24, 2.45) is 0 Å². The Kier molecular flexibility index (Phi) is 8.50. The fourth-order valence-corrected chi connectivity index (χ4v) is 5.84. The van der Waals surface area contributed by atoms with Gasteiger partial charge in [0.05, 0.1) is 25.2 Å². The molecule has 32 heavy (non-hydrogen) atoms. The third kappa shape index (κ3) is 5.99. The number of aryl methyl sites for hydroxylation is 1. The molecule has 178 valence electrons. The number of nitrogens with one attached hydrogen (secondary N) is 2. The predicted molar refractivity (Wildman–Crippen MR) is 119 cm³/mol. The molecule has 1 aromatic carbocycles. The first-order chi connectivity index (χ1) is 15.3. The van der Waals surface area contributed by atoms with Crippen molar-refractivity contribution < 1.29 is 27.5 Å². The summed E-state index contributed by atoms with van der Waals surface area (Å²) in [4.78, 5) is 24.7. The van der Waals surface area contributed by atoms with E-state index >= 15 is 0 Å². The molecule has 1 aliphatic carbocycles.